The largest absolute Gasteiger partial charge is 0.393 e. The van der Waals surface area contributed by atoms with Crippen LogP contribution in [0.25, 0.3) is 0 Å². The highest BCUT2D eigenvalue weighted by Crippen LogP contribution is 2.27. The van der Waals surface area contributed by atoms with Crippen LogP contribution in [0.3, 0.4) is 0 Å². The lowest BCUT2D eigenvalue weighted by molar-refractivity contribution is -0.269. The van der Waals surface area contributed by atoms with Gasteiger partial charge in [0.1, 0.15) is 6.10 Å². The summed E-state index contributed by atoms with van der Waals surface area (Å²) in [4.78, 5) is 2.08. The van der Waals surface area contributed by atoms with Crippen LogP contribution in [0.1, 0.15) is 84.0 Å². The van der Waals surface area contributed by atoms with E-state index in [-0.39, 0.29) is 24.4 Å². The lowest BCUT2D eigenvalue weighted by Crippen LogP contribution is -2.54. The fourth-order valence-corrected chi connectivity index (χ4v) is 4.30. The number of likely N-dealkylation sites (N-methyl/N-ethyl adjacent to an activating group) is 1. The van der Waals surface area contributed by atoms with Crippen molar-refractivity contribution in [2.24, 2.45) is 0 Å². The zero-order valence-corrected chi connectivity index (χ0v) is 17.1. The lowest BCUT2D eigenvalue weighted by Gasteiger charge is -2.42. The van der Waals surface area contributed by atoms with Gasteiger partial charge in [0.25, 0.3) is 0 Å². The predicted octanol–water partition coefficient (Wildman–Crippen LogP) is 3.46. The van der Waals surface area contributed by atoms with Gasteiger partial charge in [0, 0.05) is 6.04 Å². The fraction of sp³-hybridized carbons (Fsp3) is 1.00. The minimum atomic E-state index is -0.604. The van der Waals surface area contributed by atoms with Crippen molar-refractivity contribution in [1.82, 2.24) is 4.90 Å². The van der Waals surface area contributed by atoms with Crippen LogP contribution in [0.15, 0.2) is 0 Å². The molecule has 2 rings (SSSR count). The zero-order chi connectivity index (χ0) is 18.9. The third kappa shape index (κ3) is 7.43. The molecular weight excluding hydrogens is 330 g/mol. The Morgan fingerprint density at radius 1 is 0.846 bits per heavy atom. The van der Waals surface area contributed by atoms with Gasteiger partial charge in [-0.1, -0.05) is 44.9 Å². The molecule has 0 spiro atoms. The van der Waals surface area contributed by atoms with Crippen LogP contribution >= 0.6 is 0 Å². The molecule has 5 heteroatoms. The number of aliphatic hydroxyl groups is 2. The molecule has 0 radical (unpaired) electrons. The Labute approximate surface area is 160 Å². The highest BCUT2D eigenvalue weighted by molar-refractivity contribution is 4.86. The van der Waals surface area contributed by atoms with Gasteiger partial charge in [0.05, 0.1) is 18.3 Å². The van der Waals surface area contributed by atoms with E-state index < -0.39 is 12.4 Å². The van der Waals surface area contributed by atoms with Gasteiger partial charge in [-0.3, -0.25) is 0 Å². The molecule has 0 aromatic heterocycles. The Morgan fingerprint density at radius 3 is 2.04 bits per heavy atom. The van der Waals surface area contributed by atoms with Gasteiger partial charge in [-0.05, 0) is 53.1 Å². The molecule has 154 valence electrons. The van der Waals surface area contributed by atoms with Crippen molar-refractivity contribution >= 4 is 0 Å². The smallest absolute Gasteiger partial charge is 0.185 e. The highest BCUT2D eigenvalue weighted by atomic mass is 16.7. The van der Waals surface area contributed by atoms with Crippen LogP contribution in [-0.2, 0) is 9.47 Å². The molecule has 1 saturated heterocycles. The second-order valence-corrected chi connectivity index (χ2v) is 8.61. The summed E-state index contributed by atoms with van der Waals surface area (Å²) in [7, 11) is 4.01. The summed E-state index contributed by atoms with van der Waals surface area (Å²) in [5.41, 5.74) is 0. The monoisotopic (exact) mass is 371 g/mol. The third-order valence-corrected chi connectivity index (χ3v) is 5.98. The summed E-state index contributed by atoms with van der Waals surface area (Å²) >= 11 is 0. The maximum absolute atomic E-state index is 10.7. The molecule has 2 N–H and O–H groups in total. The van der Waals surface area contributed by atoms with Crippen LogP contribution in [-0.4, -0.2) is 66.0 Å². The van der Waals surface area contributed by atoms with Crippen molar-refractivity contribution in [3.8, 4) is 0 Å². The topological polar surface area (TPSA) is 62.2 Å². The summed E-state index contributed by atoms with van der Waals surface area (Å²) in [6.45, 7) is 2.06. The van der Waals surface area contributed by atoms with Crippen LogP contribution in [0.2, 0.25) is 0 Å². The van der Waals surface area contributed by atoms with E-state index in [1.54, 1.807) is 0 Å². The summed E-state index contributed by atoms with van der Waals surface area (Å²) < 4.78 is 12.2. The second kappa shape index (κ2) is 11.6. The first kappa shape index (κ1) is 22.1. The maximum Gasteiger partial charge on any atom is 0.185 e. The van der Waals surface area contributed by atoms with Crippen molar-refractivity contribution in [3.05, 3.63) is 0 Å². The number of ether oxygens (including phenoxy) is 2. The first-order valence-corrected chi connectivity index (χ1v) is 10.8. The molecule has 5 nitrogen and oxygen atoms in total. The normalized spacial score (nSPS) is 39.0. The quantitative estimate of drug-likeness (QED) is 0.795. The average molecular weight is 372 g/mol. The van der Waals surface area contributed by atoms with Crippen molar-refractivity contribution in [1.29, 1.82) is 0 Å². The molecule has 2 aliphatic rings. The van der Waals surface area contributed by atoms with Crippen LogP contribution in [0, 0.1) is 0 Å². The molecule has 0 aromatic carbocycles. The summed E-state index contributed by atoms with van der Waals surface area (Å²) in [5.74, 6) is 0. The second-order valence-electron chi connectivity index (χ2n) is 8.61. The van der Waals surface area contributed by atoms with E-state index >= 15 is 0 Å². The van der Waals surface area contributed by atoms with E-state index in [4.69, 9.17) is 9.47 Å². The standard InChI is InChI=1S/C21H41NO4/c1-16-15-19(22(2)3)20(24)21(25-16)26-18-13-8-6-4-5-7-11-17(23)12-9-10-14-18/h16-21,23-24H,4-15H2,1-3H3/t16-,17?,18?,19+,20-,21+/m1/s1. The third-order valence-electron chi connectivity index (χ3n) is 5.98. The van der Waals surface area contributed by atoms with Gasteiger partial charge in [0.15, 0.2) is 6.29 Å². The molecule has 1 aliphatic carbocycles. The van der Waals surface area contributed by atoms with E-state index in [1.165, 1.54) is 25.7 Å². The van der Waals surface area contributed by atoms with Crippen molar-refractivity contribution < 1.29 is 19.7 Å². The Morgan fingerprint density at radius 2 is 1.38 bits per heavy atom. The Hall–Kier alpha value is -0.200. The van der Waals surface area contributed by atoms with Crippen LogP contribution < -0.4 is 0 Å². The molecule has 2 fully saturated rings. The van der Waals surface area contributed by atoms with E-state index in [0.717, 1.165) is 51.4 Å². The van der Waals surface area contributed by atoms with Gasteiger partial charge < -0.3 is 24.6 Å². The molecule has 26 heavy (non-hydrogen) atoms. The Balaban J connectivity index is 1.90. The van der Waals surface area contributed by atoms with E-state index in [0.29, 0.717) is 0 Å². The minimum absolute atomic E-state index is 0.0775. The molecule has 2 unspecified atom stereocenters. The fourth-order valence-electron chi connectivity index (χ4n) is 4.30. The molecule has 1 saturated carbocycles. The number of rotatable bonds is 3. The molecule has 0 amide bonds. The SMILES string of the molecule is C[C@@H]1C[C@H](N(C)C)[C@@H](O)[C@H](OC2CCCCCCCC(O)CCCC2)O1. The molecule has 1 aliphatic heterocycles. The first-order chi connectivity index (χ1) is 12.5. The summed E-state index contributed by atoms with van der Waals surface area (Å²) in [5, 5.41) is 20.7. The minimum Gasteiger partial charge on any atom is -0.393 e. The van der Waals surface area contributed by atoms with Crippen molar-refractivity contribution in [2.45, 2.75) is 121 Å². The number of nitrogens with zero attached hydrogens (tertiary/aromatic N) is 1. The van der Waals surface area contributed by atoms with Gasteiger partial charge in [0.2, 0.25) is 0 Å². The van der Waals surface area contributed by atoms with E-state index in [9.17, 15) is 10.2 Å². The van der Waals surface area contributed by atoms with Gasteiger partial charge in [-0.2, -0.15) is 0 Å². The lowest BCUT2D eigenvalue weighted by atomic mass is 9.98. The van der Waals surface area contributed by atoms with E-state index in [2.05, 4.69) is 11.8 Å². The number of aliphatic hydroxyl groups excluding tert-OH is 2. The van der Waals surface area contributed by atoms with Crippen molar-refractivity contribution in [3.63, 3.8) is 0 Å². The molecule has 0 bridgehead atoms. The molecule has 0 aromatic rings. The van der Waals surface area contributed by atoms with Gasteiger partial charge in [-0.25, -0.2) is 0 Å². The van der Waals surface area contributed by atoms with Gasteiger partial charge >= 0.3 is 0 Å². The first-order valence-electron chi connectivity index (χ1n) is 10.8. The molecular formula is C21H41NO4. The van der Waals surface area contributed by atoms with Crippen LogP contribution in [0.4, 0.5) is 0 Å². The Bertz CT molecular complexity index is 379. The summed E-state index contributed by atoms with van der Waals surface area (Å²) in [6, 6.07) is 0.0775. The Kier molecular flexibility index (Phi) is 9.86. The van der Waals surface area contributed by atoms with Gasteiger partial charge in [-0.15, -0.1) is 0 Å². The maximum atomic E-state index is 10.7. The highest BCUT2D eigenvalue weighted by Gasteiger charge is 2.39. The summed E-state index contributed by atoms with van der Waals surface area (Å²) in [6.07, 6.45) is 11.8. The molecule has 6 atom stereocenters. The zero-order valence-electron chi connectivity index (χ0n) is 17.1. The predicted molar refractivity (Wildman–Crippen MR) is 104 cm³/mol. The molecule has 1 heterocycles. The van der Waals surface area contributed by atoms with Crippen LogP contribution in [0.5, 0.6) is 0 Å². The van der Waals surface area contributed by atoms with E-state index in [1.807, 2.05) is 14.1 Å². The number of hydrogen-bond acceptors (Lipinski definition) is 5. The number of hydrogen-bond donors (Lipinski definition) is 2. The van der Waals surface area contributed by atoms with Crippen molar-refractivity contribution in [2.75, 3.05) is 14.1 Å². The average Bonchev–Trinajstić information content (AvgIpc) is 2.61.